The highest BCUT2D eigenvalue weighted by Gasteiger charge is 2.48. The van der Waals surface area contributed by atoms with Gasteiger partial charge in [0.05, 0.1) is 25.0 Å². The van der Waals surface area contributed by atoms with E-state index in [2.05, 4.69) is 22.4 Å². The number of hydrogen-bond acceptors (Lipinski definition) is 4. The standard InChI is InChI=1S/C14H24N4O/c1-17-7-4-13(14(17)5-2-3-6-14)16-12-10-15-18(11-12)8-9-19/h10-11,13,16,19H,2-9H2,1H3. The molecule has 2 N–H and O–H groups in total. The summed E-state index contributed by atoms with van der Waals surface area (Å²) >= 11 is 0. The molecule has 1 aromatic heterocycles. The summed E-state index contributed by atoms with van der Waals surface area (Å²) in [7, 11) is 2.27. The van der Waals surface area contributed by atoms with Crippen molar-refractivity contribution in [1.29, 1.82) is 0 Å². The molecule has 2 fully saturated rings. The molecule has 0 amide bonds. The molecule has 0 aromatic carbocycles. The Morgan fingerprint density at radius 1 is 1.47 bits per heavy atom. The van der Waals surface area contributed by atoms with Crippen LogP contribution in [-0.4, -0.2) is 51.6 Å². The van der Waals surface area contributed by atoms with Crippen molar-refractivity contribution in [2.75, 3.05) is 25.5 Å². The topological polar surface area (TPSA) is 53.3 Å². The second-order valence-electron chi connectivity index (χ2n) is 5.93. The van der Waals surface area contributed by atoms with Gasteiger partial charge in [-0.15, -0.1) is 0 Å². The molecule has 1 spiro atoms. The van der Waals surface area contributed by atoms with Crippen LogP contribution < -0.4 is 5.32 Å². The number of likely N-dealkylation sites (tertiary alicyclic amines) is 1. The molecule has 106 valence electrons. The van der Waals surface area contributed by atoms with Crippen LogP contribution in [0, 0.1) is 0 Å². The van der Waals surface area contributed by atoms with Crippen LogP contribution in [-0.2, 0) is 6.54 Å². The molecule has 1 unspecified atom stereocenters. The van der Waals surface area contributed by atoms with Crippen molar-refractivity contribution in [3.05, 3.63) is 12.4 Å². The van der Waals surface area contributed by atoms with Crippen LogP contribution in [0.25, 0.3) is 0 Å². The van der Waals surface area contributed by atoms with Crippen LogP contribution in [0.5, 0.6) is 0 Å². The number of nitrogens with zero attached hydrogens (tertiary/aromatic N) is 3. The summed E-state index contributed by atoms with van der Waals surface area (Å²) in [6.45, 7) is 1.89. The molecule has 1 aliphatic heterocycles. The fourth-order valence-corrected chi connectivity index (χ4v) is 3.87. The smallest absolute Gasteiger partial charge is 0.0729 e. The van der Waals surface area contributed by atoms with Gasteiger partial charge >= 0.3 is 0 Å². The lowest BCUT2D eigenvalue weighted by molar-refractivity contribution is 0.170. The first-order valence-electron chi connectivity index (χ1n) is 7.36. The van der Waals surface area contributed by atoms with Gasteiger partial charge in [0.2, 0.25) is 0 Å². The number of aromatic nitrogens is 2. The maximum Gasteiger partial charge on any atom is 0.0729 e. The lowest BCUT2D eigenvalue weighted by Gasteiger charge is -2.37. The highest BCUT2D eigenvalue weighted by atomic mass is 16.3. The zero-order valence-corrected chi connectivity index (χ0v) is 11.7. The number of hydrogen-bond donors (Lipinski definition) is 2. The van der Waals surface area contributed by atoms with Gasteiger partial charge in [-0.25, -0.2) is 0 Å². The lowest BCUT2D eigenvalue weighted by atomic mass is 9.89. The number of rotatable bonds is 4. The Hall–Kier alpha value is -1.07. The van der Waals surface area contributed by atoms with Crippen LogP contribution in [0.15, 0.2) is 12.4 Å². The second-order valence-corrected chi connectivity index (χ2v) is 5.93. The highest BCUT2D eigenvalue weighted by molar-refractivity contribution is 5.41. The predicted molar refractivity (Wildman–Crippen MR) is 75.2 cm³/mol. The van der Waals surface area contributed by atoms with Gasteiger partial charge in [-0.3, -0.25) is 9.58 Å². The summed E-state index contributed by atoms with van der Waals surface area (Å²) in [5.74, 6) is 0. The fourth-order valence-electron chi connectivity index (χ4n) is 3.87. The van der Waals surface area contributed by atoms with Crippen molar-refractivity contribution in [1.82, 2.24) is 14.7 Å². The Labute approximate surface area is 114 Å². The molecule has 0 radical (unpaired) electrons. The molecule has 1 atom stereocenters. The normalized spacial score (nSPS) is 26.3. The molecule has 1 saturated carbocycles. The average molecular weight is 264 g/mol. The number of likely N-dealkylation sites (N-methyl/N-ethyl adjacent to an activating group) is 1. The van der Waals surface area contributed by atoms with Gasteiger partial charge in [0, 0.05) is 24.3 Å². The van der Waals surface area contributed by atoms with Crippen LogP contribution in [0.2, 0.25) is 0 Å². The Balaban J connectivity index is 1.71. The molecule has 1 aromatic rings. The fraction of sp³-hybridized carbons (Fsp3) is 0.786. The minimum Gasteiger partial charge on any atom is -0.394 e. The van der Waals surface area contributed by atoms with Crippen molar-refractivity contribution in [3.8, 4) is 0 Å². The highest BCUT2D eigenvalue weighted by Crippen LogP contribution is 2.43. The molecule has 19 heavy (non-hydrogen) atoms. The number of anilines is 1. The van der Waals surface area contributed by atoms with E-state index in [4.69, 9.17) is 5.11 Å². The quantitative estimate of drug-likeness (QED) is 0.861. The van der Waals surface area contributed by atoms with Gasteiger partial charge in [0.15, 0.2) is 0 Å². The van der Waals surface area contributed by atoms with Crippen LogP contribution in [0.4, 0.5) is 5.69 Å². The van der Waals surface area contributed by atoms with E-state index in [1.54, 1.807) is 4.68 Å². The van der Waals surface area contributed by atoms with Crippen molar-refractivity contribution in [2.45, 2.75) is 50.2 Å². The van der Waals surface area contributed by atoms with Gasteiger partial charge in [0.1, 0.15) is 0 Å². The third-order valence-electron chi connectivity index (χ3n) is 4.93. The van der Waals surface area contributed by atoms with Crippen molar-refractivity contribution in [2.24, 2.45) is 0 Å². The van der Waals surface area contributed by atoms with Crippen LogP contribution >= 0.6 is 0 Å². The molecule has 2 aliphatic rings. The van der Waals surface area contributed by atoms with Gasteiger partial charge in [-0.2, -0.15) is 5.10 Å². The third-order valence-corrected chi connectivity index (χ3v) is 4.93. The van der Waals surface area contributed by atoms with E-state index in [0.29, 0.717) is 18.1 Å². The SMILES string of the molecule is CN1CCC(Nc2cnn(CCO)c2)C12CCCC2. The van der Waals surface area contributed by atoms with Crippen LogP contribution in [0.3, 0.4) is 0 Å². The first kappa shape index (κ1) is 12.9. The van der Waals surface area contributed by atoms with E-state index >= 15 is 0 Å². The molecule has 1 aliphatic carbocycles. The van der Waals surface area contributed by atoms with E-state index < -0.39 is 0 Å². The molecular formula is C14H24N4O. The zero-order chi connectivity index (χ0) is 13.3. The van der Waals surface area contributed by atoms with Crippen molar-refractivity contribution < 1.29 is 5.11 Å². The lowest BCUT2D eigenvalue weighted by Crippen LogP contribution is -2.49. The van der Waals surface area contributed by atoms with Gasteiger partial charge in [-0.1, -0.05) is 12.8 Å². The molecule has 5 heteroatoms. The Kier molecular flexibility index (Phi) is 3.50. The van der Waals surface area contributed by atoms with Gasteiger partial charge in [0.25, 0.3) is 0 Å². The van der Waals surface area contributed by atoms with Gasteiger partial charge in [-0.05, 0) is 26.3 Å². The summed E-state index contributed by atoms with van der Waals surface area (Å²) in [5, 5.41) is 16.9. The van der Waals surface area contributed by atoms with Crippen molar-refractivity contribution >= 4 is 5.69 Å². The third kappa shape index (κ3) is 2.25. The molecule has 2 heterocycles. The van der Waals surface area contributed by atoms with E-state index in [1.807, 2.05) is 12.4 Å². The first-order chi connectivity index (χ1) is 9.24. The first-order valence-corrected chi connectivity index (χ1v) is 7.36. The average Bonchev–Trinajstić information content (AvgIpc) is 3.09. The largest absolute Gasteiger partial charge is 0.394 e. The molecule has 5 nitrogen and oxygen atoms in total. The second kappa shape index (κ2) is 5.13. The number of aliphatic hydroxyl groups excluding tert-OH is 1. The van der Waals surface area contributed by atoms with E-state index in [9.17, 15) is 0 Å². The maximum absolute atomic E-state index is 8.93. The number of aliphatic hydroxyl groups is 1. The summed E-state index contributed by atoms with van der Waals surface area (Å²) in [4.78, 5) is 2.55. The monoisotopic (exact) mass is 264 g/mol. The summed E-state index contributed by atoms with van der Waals surface area (Å²) in [6.07, 6.45) is 10.4. The number of nitrogens with one attached hydrogen (secondary N) is 1. The Morgan fingerprint density at radius 3 is 3.00 bits per heavy atom. The summed E-state index contributed by atoms with van der Waals surface area (Å²) < 4.78 is 1.79. The predicted octanol–water partition coefficient (Wildman–Crippen LogP) is 1.30. The Bertz CT molecular complexity index is 425. The molecular weight excluding hydrogens is 240 g/mol. The minimum atomic E-state index is 0.136. The minimum absolute atomic E-state index is 0.136. The van der Waals surface area contributed by atoms with Gasteiger partial charge < -0.3 is 10.4 Å². The summed E-state index contributed by atoms with van der Waals surface area (Å²) in [5.41, 5.74) is 1.44. The Morgan fingerprint density at radius 2 is 2.26 bits per heavy atom. The molecule has 1 saturated heterocycles. The van der Waals surface area contributed by atoms with E-state index in [-0.39, 0.29) is 6.61 Å². The maximum atomic E-state index is 8.93. The van der Waals surface area contributed by atoms with E-state index in [1.165, 1.54) is 38.6 Å². The van der Waals surface area contributed by atoms with Crippen molar-refractivity contribution in [3.63, 3.8) is 0 Å². The zero-order valence-electron chi connectivity index (χ0n) is 11.7. The summed E-state index contributed by atoms with van der Waals surface area (Å²) in [6, 6.07) is 0.534. The van der Waals surface area contributed by atoms with E-state index in [0.717, 1.165) is 5.69 Å². The molecule has 3 rings (SSSR count). The molecule has 0 bridgehead atoms. The van der Waals surface area contributed by atoms with Crippen LogP contribution in [0.1, 0.15) is 32.1 Å².